The van der Waals surface area contributed by atoms with E-state index in [1.165, 1.54) is 11.3 Å². The quantitative estimate of drug-likeness (QED) is 0.651. The van der Waals surface area contributed by atoms with Gasteiger partial charge in [0.1, 0.15) is 17.3 Å². The number of nitrogens with zero attached hydrogens (tertiary/aromatic N) is 2. The second-order valence-electron chi connectivity index (χ2n) is 6.35. The predicted molar refractivity (Wildman–Crippen MR) is 92.3 cm³/mol. The van der Waals surface area contributed by atoms with E-state index in [1.54, 1.807) is 6.20 Å². The average Bonchev–Trinajstić information content (AvgIpc) is 3.21. The highest BCUT2D eigenvalue weighted by Crippen LogP contribution is 2.27. The number of carbonyl (C=O) groups is 1. The molecule has 0 aliphatic rings. The molecule has 0 saturated heterocycles. The van der Waals surface area contributed by atoms with Crippen LogP contribution >= 0.6 is 11.3 Å². The fourth-order valence-corrected chi connectivity index (χ4v) is 2.63. The van der Waals surface area contributed by atoms with Crippen LogP contribution in [0.4, 0.5) is 0 Å². The van der Waals surface area contributed by atoms with Gasteiger partial charge in [0.15, 0.2) is 5.76 Å². The van der Waals surface area contributed by atoms with Crippen LogP contribution in [0.3, 0.4) is 0 Å². The van der Waals surface area contributed by atoms with Crippen LogP contribution in [0.2, 0.25) is 0 Å². The Bertz CT molecular complexity index is 831. The molecule has 0 atom stereocenters. The van der Waals surface area contributed by atoms with Crippen molar-refractivity contribution < 1.29 is 13.9 Å². The van der Waals surface area contributed by atoms with Gasteiger partial charge in [-0.05, 0) is 20.8 Å². The third-order valence-electron chi connectivity index (χ3n) is 3.27. The summed E-state index contributed by atoms with van der Waals surface area (Å²) in [5, 5.41) is 2.56. The van der Waals surface area contributed by atoms with Crippen molar-refractivity contribution in [2.24, 2.45) is 5.41 Å². The van der Waals surface area contributed by atoms with Crippen molar-refractivity contribution >= 4 is 17.3 Å². The van der Waals surface area contributed by atoms with E-state index in [4.69, 9.17) is 9.15 Å². The normalized spacial score (nSPS) is 11.5. The van der Waals surface area contributed by atoms with Crippen molar-refractivity contribution in [3.05, 3.63) is 46.9 Å². The van der Waals surface area contributed by atoms with Gasteiger partial charge in [-0.25, -0.2) is 9.97 Å². The maximum Gasteiger partial charge on any atom is 0.311 e. The molecule has 0 unspecified atom stereocenters. The molecule has 0 saturated carbocycles. The van der Waals surface area contributed by atoms with Gasteiger partial charge in [-0.1, -0.05) is 30.3 Å². The molecular formula is C18H18N2O3S. The Labute approximate surface area is 144 Å². The third-order valence-corrected chi connectivity index (χ3v) is 4.10. The number of rotatable bonds is 4. The van der Waals surface area contributed by atoms with Crippen molar-refractivity contribution in [2.75, 3.05) is 0 Å². The first-order valence-electron chi connectivity index (χ1n) is 7.57. The number of oxazole rings is 1. The minimum absolute atomic E-state index is 0.160. The number of thiazole rings is 1. The number of aromatic nitrogens is 2. The molecule has 0 N–H and O–H groups in total. The van der Waals surface area contributed by atoms with Crippen molar-refractivity contribution in [2.45, 2.75) is 27.4 Å². The van der Waals surface area contributed by atoms with E-state index in [0.29, 0.717) is 22.4 Å². The maximum atomic E-state index is 11.8. The first-order valence-corrected chi connectivity index (χ1v) is 8.45. The highest BCUT2D eigenvalue weighted by molar-refractivity contribution is 7.09. The summed E-state index contributed by atoms with van der Waals surface area (Å²) in [4.78, 5) is 20.5. The lowest BCUT2D eigenvalue weighted by Gasteiger charge is -2.15. The van der Waals surface area contributed by atoms with Gasteiger partial charge in [-0.15, -0.1) is 11.3 Å². The summed E-state index contributed by atoms with van der Waals surface area (Å²) in [7, 11) is 0. The molecule has 2 heterocycles. The molecular weight excluding hydrogens is 324 g/mol. The number of carbonyl (C=O) groups excluding carboxylic acids is 1. The SMILES string of the molecule is CC(C)(C)C(=O)OCc1nc(-c2ncc(-c3ccccc3)o2)cs1. The van der Waals surface area contributed by atoms with E-state index in [2.05, 4.69) is 9.97 Å². The van der Waals surface area contributed by atoms with E-state index in [-0.39, 0.29) is 12.6 Å². The Morgan fingerprint density at radius 1 is 1.25 bits per heavy atom. The smallest absolute Gasteiger partial charge is 0.311 e. The standard InChI is InChI=1S/C18H18N2O3S/c1-18(2,3)17(21)22-10-15-20-13(11-24-15)16-19-9-14(23-16)12-7-5-4-6-8-12/h4-9,11H,10H2,1-3H3. The summed E-state index contributed by atoms with van der Waals surface area (Å²) in [6.45, 7) is 5.62. The second-order valence-corrected chi connectivity index (χ2v) is 7.29. The summed E-state index contributed by atoms with van der Waals surface area (Å²) in [5.74, 6) is 0.902. The summed E-state index contributed by atoms with van der Waals surface area (Å²) >= 11 is 1.41. The fraction of sp³-hybridized carbons (Fsp3) is 0.278. The molecule has 0 aliphatic heterocycles. The number of esters is 1. The summed E-state index contributed by atoms with van der Waals surface area (Å²) in [5.41, 5.74) is 1.09. The van der Waals surface area contributed by atoms with E-state index in [0.717, 1.165) is 5.56 Å². The molecule has 0 spiro atoms. The molecule has 0 amide bonds. The van der Waals surface area contributed by atoms with Gasteiger partial charge >= 0.3 is 5.97 Å². The van der Waals surface area contributed by atoms with E-state index in [9.17, 15) is 4.79 Å². The Balaban J connectivity index is 1.70. The van der Waals surface area contributed by atoms with Crippen LogP contribution in [-0.4, -0.2) is 15.9 Å². The number of hydrogen-bond donors (Lipinski definition) is 0. The molecule has 3 rings (SSSR count). The van der Waals surface area contributed by atoms with Gasteiger partial charge < -0.3 is 9.15 Å². The number of hydrogen-bond acceptors (Lipinski definition) is 6. The monoisotopic (exact) mass is 342 g/mol. The van der Waals surface area contributed by atoms with Crippen LogP contribution in [0.1, 0.15) is 25.8 Å². The molecule has 0 radical (unpaired) electrons. The Kier molecular flexibility index (Phi) is 4.49. The second kappa shape index (κ2) is 6.57. The molecule has 0 aliphatic carbocycles. The topological polar surface area (TPSA) is 65.2 Å². The third kappa shape index (κ3) is 3.71. The van der Waals surface area contributed by atoms with Crippen molar-refractivity contribution in [1.29, 1.82) is 0 Å². The van der Waals surface area contributed by atoms with Crippen LogP contribution in [0.15, 0.2) is 46.3 Å². The highest BCUT2D eigenvalue weighted by Gasteiger charge is 2.23. The Hall–Kier alpha value is -2.47. The van der Waals surface area contributed by atoms with Crippen molar-refractivity contribution in [1.82, 2.24) is 9.97 Å². The zero-order chi connectivity index (χ0) is 17.2. The van der Waals surface area contributed by atoms with E-state index >= 15 is 0 Å². The Morgan fingerprint density at radius 3 is 2.71 bits per heavy atom. The zero-order valence-electron chi connectivity index (χ0n) is 13.8. The number of benzene rings is 1. The fourth-order valence-electron chi connectivity index (χ4n) is 1.95. The predicted octanol–water partition coefficient (Wildman–Crippen LogP) is 4.55. The van der Waals surface area contributed by atoms with Crippen LogP contribution in [0.25, 0.3) is 22.9 Å². The lowest BCUT2D eigenvalue weighted by molar-refractivity contribution is -0.154. The van der Waals surface area contributed by atoms with Gasteiger partial charge in [-0.2, -0.15) is 0 Å². The van der Waals surface area contributed by atoms with E-state index in [1.807, 2.05) is 56.5 Å². The van der Waals surface area contributed by atoms with Crippen LogP contribution in [0.5, 0.6) is 0 Å². The van der Waals surface area contributed by atoms with Gasteiger partial charge in [0.05, 0.1) is 11.6 Å². The zero-order valence-corrected chi connectivity index (χ0v) is 14.6. The molecule has 2 aromatic heterocycles. The molecule has 3 aromatic rings. The first-order chi connectivity index (χ1) is 11.4. The minimum atomic E-state index is -0.521. The maximum absolute atomic E-state index is 11.8. The lowest BCUT2D eigenvalue weighted by Crippen LogP contribution is -2.22. The molecule has 0 fully saturated rings. The average molecular weight is 342 g/mol. The first kappa shape index (κ1) is 16.4. The molecule has 6 heteroatoms. The summed E-state index contributed by atoms with van der Waals surface area (Å²) in [6.07, 6.45) is 1.68. The molecule has 5 nitrogen and oxygen atoms in total. The summed E-state index contributed by atoms with van der Waals surface area (Å²) in [6, 6.07) is 9.77. The van der Waals surface area contributed by atoms with Crippen LogP contribution in [0, 0.1) is 5.41 Å². The molecule has 24 heavy (non-hydrogen) atoms. The van der Waals surface area contributed by atoms with Gasteiger partial charge in [-0.3, -0.25) is 4.79 Å². The Morgan fingerprint density at radius 2 is 2.00 bits per heavy atom. The van der Waals surface area contributed by atoms with Crippen LogP contribution < -0.4 is 0 Å². The van der Waals surface area contributed by atoms with Crippen molar-refractivity contribution in [3.8, 4) is 22.9 Å². The van der Waals surface area contributed by atoms with Gasteiger partial charge in [0.25, 0.3) is 0 Å². The van der Waals surface area contributed by atoms with Gasteiger partial charge in [0.2, 0.25) is 5.89 Å². The largest absolute Gasteiger partial charge is 0.458 e. The molecule has 1 aromatic carbocycles. The molecule has 124 valence electrons. The summed E-state index contributed by atoms with van der Waals surface area (Å²) < 4.78 is 11.0. The van der Waals surface area contributed by atoms with Crippen molar-refractivity contribution in [3.63, 3.8) is 0 Å². The number of ether oxygens (including phenoxy) is 1. The molecule has 0 bridgehead atoms. The van der Waals surface area contributed by atoms with Gasteiger partial charge in [0, 0.05) is 10.9 Å². The lowest BCUT2D eigenvalue weighted by atomic mass is 9.97. The van der Waals surface area contributed by atoms with Crippen LogP contribution in [-0.2, 0) is 16.1 Å². The minimum Gasteiger partial charge on any atom is -0.458 e. The highest BCUT2D eigenvalue weighted by atomic mass is 32.1. The van der Waals surface area contributed by atoms with E-state index < -0.39 is 5.41 Å².